The number of hydrogen-bond donors (Lipinski definition) is 0. The zero-order valence-corrected chi connectivity index (χ0v) is 17.4. The van der Waals surface area contributed by atoms with Crippen molar-refractivity contribution in [2.45, 2.75) is 45.4 Å². The maximum atomic E-state index is 11.4. The number of rotatable bonds is 5. The molecule has 0 N–H and O–H groups in total. The predicted molar refractivity (Wildman–Crippen MR) is 89.0 cm³/mol. The molecule has 0 amide bonds. The summed E-state index contributed by atoms with van der Waals surface area (Å²) in [5.41, 5.74) is 2.09. The van der Waals surface area contributed by atoms with Gasteiger partial charge in [-0.15, -0.1) is 0 Å². The van der Waals surface area contributed by atoms with Crippen molar-refractivity contribution in [1.29, 1.82) is 0 Å². The van der Waals surface area contributed by atoms with Crippen molar-refractivity contribution < 1.29 is 42.5 Å². The average molecular weight is 342 g/mol. The van der Waals surface area contributed by atoms with E-state index in [-0.39, 0.29) is 34.5 Å². The summed E-state index contributed by atoms with van der Waals surface area (Å²) in [5.74, 6) is 0.919. The van der Waals surface area contributed by atoms with E-state index >= 15 is 0 Å². The molecule has 0 saturated heterocycles. The average Bonchev–Trinajstić information content (AvgIpc) is 2.35. The van der Waals surface area contributed by atoms with E-state index in [0.29, 0.717) is 11.8 Å². The van der Waals surface area contributed by atoms with Crippen LogP contribution in [0.5, 0.6) is 0 Å². The minimum atomic E-state index is -4.44. The van der Waals surface area contributed by atoms with Gasteiger partial charge in [-0.25, -0.2) is 8.42 Å². The quantitative estimate of drug-likeness (QED) is 0.605. The Hall–Kier alpha value is -0.390. The Bertz CT molecular complexity index is 780. The Balaban J connectivity index is 0.00000264. The van der Waals surface area contributed by atoms with Crippen LogP contribution in [-0.2, 0) is 23.0 Å². The molecule has 2 aromatic rings. The second kappa shape index (κ2) is 8.13. The summed E-state index contributed by atoms with van der Waals surface area (Å²) < 4.78 is 34.3. The molecule has 0 heterocycles. The molecule has 3 nitrogen and oxygen atoms in total. The number of hydrogen-bond acceptors (Lipinski definition) is 3. The monoisotopic (exact) mass is 342 g/mol. The minimum Gasteiger partial charge on any atom is -0.744 e. The van der Waals surface area contributed by atoms with Crippen molar-refractivity contribution in [2.75, 3.05) is 0 Å². The van der Waals surface area contributed by atoms with E-state index in [4.69, 9.17) is 0 Å². The molecule has 0 aliphatic rings. The van der Waals surface area contributed by atoms with E-state index in [1.165, 1.54) is 17.7 Å². The first-order chi connectivity index (χ1) is 10.2. The molecular formula is C18H23NaO3S. The predicted octanol–water partition coefficient (Wildman–Crippen LogP) is 1.14. The zero-order valence-electron chi connectivity index (χ0n) is 14.6. The molecule has 120 valence electrons. The van der Waals surface area contributed by atoms with Crippen molar-refractivity contribution in [2.24, 2.45) is 11.8 Å². The molecule has 2 aromatic carbocycles. The van der Waals surface area contributed by atoms with Gasteiger partial charge in [-0.3, -0.25) is 0 Å². The standard InChI is InChI=1S/C18H24O3S.Na/c1-12(2)7-14-5-6-18-15(8-13(3)4)10-17(22(19,20)21)11-16(18)9-14;/h5-6,9-13H,7-8H2,1-4H3,(H,19,20,21);/q;+1/p-1. The van der Waals surface area contributed by atoms with Crippen molar-refractivity contribution >= 4 is 20.9 Å². The second-order valence-electron chi connectivity index (χ2n) is 6.79. The van der Waals surface area contributed by atoms with Crippen LogP contribution in [0.25, 0.3) is 10.8 Å². The van der Waals surface area contributed by atoms with E-state index in [2.05, 4.69) is 33.8 Å². The Morgan fingerprint density at radius 3 is 2.09 bits per heavy atom. The van der Waals surface area contributed by atoms with Crippen LogP contribution in [0, 0.1) is 11.8 Å². The van der Waals surface area contributed by atoms with Crippen LogP contribution in [0.4, 0.5) is 0 Å². The van der Waals surface area contributed by atoms with Gasteiger partial charge in [0.2, 0.25) is 0 Å². The molecule has 0 unspecified atom stereocenters. The molecule has 0 radical (unpaired) electrons. The first-order valence-corrected chi connectivity index (χ1v) is 9.09. The van der Waals surface area contributed by atoms with Crippen LogP contribution in [0.3, 0.4) is 0 Å². The molecule has 23 heavy (non-hydrogen) atoms. The first-order valence-electron chi connectivity index (χ1n) is 7.68. The van der Waals surface area contributed by atoms with Gasteiger partial charge in [-0.05, 0) is 58.7 Å². The Kier molecular flexibility index (Phi) is 7.30. The summed E-state index contributed by atoms with van der Waals surface area (Å²) in [6, 6.07) is 9.19. The third-order valence-electron chi connectivity index (χ3n) is 3.64. The molecule has 0 aromatic heterocycles. The Morgan fingerprint density at radius 2 is 1.57 bits per heavy atom. The maximum absolute atomic E-state index is 11.4. The fraction of sp³-hybridized carbons (Fsp3) is 0.444. The van der Waals surface area contributed by atoms with Crippen LogP contribution in [0.1, 0.15) is 38.8 Å². The Labute approximate surface area is 161 Å². The molecule has 0 bridgehead atoms. The fourth-order valence-electron chi connectivity index (χ4n) is 2.82. The van der Waals surface area contributed by atoms with Crippen LogP contribution in [-0.4, -0.2) is 13.0 Å². The topological polar surface area (TPSA) is 57.2 Å². The summed E-state index contributed by atoms with van der Waals surface area (Å²) >= 11 is 0. The van der Waals surface area contributed by atoms with Crippen molar-refractivity contribution in [3.8, 4) is 0 Å². The molecule has 0 fully saturated rings. The summed E-state index contributed by atoms with van der Waals surface area (Å²) in [4.78, 5) is -0.127. The maximum Gasteiger partial charge on any atom is 1.00 e. The Morgan fingerprint density at radius 1 is 0.957 bits per heavy atom. The van der Waals surface area contributed by atoms with Crippen LogP contribution in [0.15, 0.2) is 35.2 Å². The van der Waals surface area contributed by atoms with E-state index in [1.54, 1.807) is 0 Å². The summed E-state index contributed by atoms with van der Waals surface area (Å²) in [6.07, 6.45) is 1.69. The molecule has 0 aliphatic carbocycles. The third-order valence-corrected chi connectivity index (χ3v) is 4.45. The van der Waals surface area contributed by atoms with E-state index in [9.17, 15) is 13.0 Å². The van der Waals surface area contributed by atoms with E-state index in [1.807, 2.05) is 12.1 Å². The largest absolute Gasteiger partial charge is 1.00 e. The van der Waals surface area contributed by atoms with Crippen molar-refractivity contribution in [3.63, 3.8) is 0 Å². The van der Waals surface area contributed by atoms with Crippen molar-refractivity contribution in [3.05, 3.63) is 41.5 Å². The second-order valence-corrected chi connectivity index (χ2v) is 8.17. The van der Waals surface area contributed by atoms with Crippen LogP contribution >= 0.6 is 0 Å². The van der Waals surface area contributed by atoms with Gasteiger partial charge in [-0.2, -0.15) is 0 Å². The van der Waals surface area contributed by atoms with E-state index in [0.717, 1.165) is 29.2 Å². The normalized spacial score (nSPS) is 12.0. The number of fused-ring (bicyclic) bond motifs is 1. The molecule has 5 heteroatoms. The summed E-state index contributed by atoms with van der Waals surface area (Å²) in [5, 5.41) is 1.87. The smallest absolute Gasteiger partial charge is 0.744 e. The van der Waals surface area contributed by atoms with Crippen LogP contribution < -0.4 is 29.6 Å². The van der Waals surface area contributed by atoms with Gasteiger partial charge in [0.05, 0.1) is 4.90 Å². The van der Waals surface area contributed by atoms with Gasteiger partial charge in [0.15, 0.2) is 0 Å². The van der Waals surface area contributed by atoms with Gasteiger partial charge >= 0.3 is 29.6 Å². The first kappa shape index (κ1) is 20.7. The van der Waals surface area contributed by atoms with Crippen LogP contribution in [0.2, 0.25) is 0 Å². The van der Waals surface area contributed by atoms with Crippen molar-refractivity contribution in [1.82, 2.24) is 0 Å². The minimum absolute atomic E-state index is 0. The fourth-order valence-corrected chi connectivity index (χ4v) is 3.38. The molecule has 0 atom stereocenters. The molecule has 0 saturated carbocycles. The number of benzene rings is 2. The summed E-state index contributed by atoms with van der Waals surface area (Å²) in [7, 11) is -4.44. The molecular weight excluding hydrogens is 319 g/mol. The SMILES string of the molecule is CC(C)Cc1ccc2c(CC(C)C)cc(S(=O)(=O)[O-])cc2c1.[Na+]. The molecule has 0 aliphatic heterocycles. The van der Waals surface area contributed by atoms with Gasteiger partial charge in [0, 0.05) is 0 Å². The zero-order chi connectivity index (χ0) is 16.5. The summed E-state index contributed by atoms with van der Waals surface area (Å²) in [6.45, 7) is 8.45. The van der Waals surface area contributed by atoms with Gasteiger partial charge < -0.3 is 4.55 Å². The van der Waals surface area contributed by atoms with Gasteiger partial charge in [0.25, 0.3) is 0 Å². The van der Waals surface area contributed by atoms with E-state index < -0.39 is 10.1 Å². The van der Waals surface area contributed by atoms with Gasteiger partial charge in [0.1, 0.15) is 10.1 Å². The van der Waals surface area contributed by atoms with Gasteiger partial charge in [-0.1, -0.05) is 45.9 Å². The molecule has 0 spiro atoms. The third kappa shape index (κ3) is 5.57. The molecule has 2 rings (SSSR count).